The van der Waals surface area contributed by atoms with Crippen molar-refractivity contribution < 1.29 is 9.53 Å². The zero-order chi connectivity index (χ0) is 23.2. The molecule has 0 saturated heterocycles. The number of hydrogen-bond acceptors (Lipinski definition) is 5. The lowest BCUT2D eigenvalue weighted by Crippen LogP contribution is -2.21. The third-order valence-electron chi connectivity index (χ3n) is 5.06. The van der Waals surface area contributed by atoms with Crippen molar-refractivity contribution in [2.75, 3.05) is 12.9 Å². The van der Waals surface area contributed by atoms with Crippen molar-refractivity contribution in [1.29, 1.82) is 0 Å². The average Bonchev–Trinajstić information content (AvgIpc) is 3.20. The first-order valence-electron chi connectivity index (χ1n) is 10.3. The van der Waals surface area contributed by atoms with Gasteiger partial charge in [0, 0.05) is 5.02 Å². The Hall–Kier alpha value is -3.29. The molecule has 4 aromatic rings. The summed E-state index contributed by atoms with van der Waals surface area (Å²) >= 11 is 7.41. The van der Waals surface area contributed by atoms with Crippen LogP contribution in [0.5, 0.6) is 5.75 Å². The number of rotatable bonds is 8. The van der Waals surface area contributed by atoms with Crippen molar-refractivity contribution in [3.05, 3.63) is 88.9 Å². The number of hydrazone groups is 1. The molecule has 0 aliphatic carbocycles. The van der Waals surface area contributed by atoms with Gasteiger partial charge in [0.1, 0.15) is 5.75 Å². The second kappa shape index (κ2) is 10.6. The molecule has 33 heavy (non-hydrogen) atoms. The Bertz CT molecular complexity index is 1280. The van der Waals surface area contributed by atoms with Crippen LogP contribution in [0.4, 0.5) is 0 Å². The molecule has 0 saturated carbocycles. The van der Waals surface area contributed by atoms with Crippen molar-refractivity contribution in [2.24, 2.45) is 5.10 Å². The van der Waals surface area contributed by atoms with E-state index in [9.17, 15) is 4.79 Å². The minimum atomic E-state index is -0.196. The van der Waals surface area contributed by atoms with Crippen molar-refractivity contribution in [2.45, 2.75) is 18.6 Å². The van der Waals surface area contributed by atoms with E-state index in [0.717, 1.165) is 33.1 Å². The van der Waals surface area contributed by atoms with E-state index < -0.39 is 0 Å². The molecule has 4 rings (SSSR count). The predicted octanol–water partition coefficient (Wildman–Crippen LogP) is 5.38. The minimum absolute atomic E-state index is 0.196. The van der Waals surface area contributed by atoms with Gasteiger partial charge < -0.3 is 9.30 Å². The van der Waals surface area contributed by atoms with Gasteiger partial charge in [-0.3, -0.25) is 4.79 Å². The Morgan fingerprint density at radius 2 is 1.82 bits per heavy atom. The number of nitrogens with one attached hydrogen (secondary N) is 1. The first kappa shape index (κ1) is 22.9. The van der Waals surface area contributed by atoms with Gasteiger partial charge in [-0.15, -0.1) is 0 Å². The summed E-state index contributed by atoms with van der Waals surface area (Å²) in [5.41, 5.74) is 7.27. The Kier molecular flexibility index (Phi) is 7.32. The summed E-state index contributed by atoms with van der Waals surface area (Å²) < 4.78 is 7.28. The standard InChI is InChI=1S/C25H23ClN4O2S/c1-17(19-9-13-21(32-2)14-10-19)28-29-24(31)16-33-25-27-22-5-3-4-6-23(22)30(25)15-18-7-11-20(26)12-8-18/h3-14H,15-16H2,1-2H3,(H,29,31)/b28-17-. The van der Waals surface area contributed by atoms with Crippen LogP contribution < -0.4 is 10.2 Å². The second-order valence-electron chi connectivity index (χ2n) is 7.35. The molecule has 0 atom stereocenters. The van der Waals surface area contributed by atoms with Gasteiger partial charge in [0.25, 0.3) is 5.91 Å². The molecule has 0 aliphatic heterocycles. The van der Waals surface area contributed by atoms with Gasteiger partial charge in [0.05, 0.1) is 36.2 Å². The molecule has 0 fully saturated rings. The highest BCUT2D eigenvalue weighted by atomic mass is 35.5. The van der Waals surface area contributed by atoms with Gasteiger partial charge in [-0.05, 0) is 66.6 Å². The molecule has 8 heteroatoms. The third kappa shape index (κ3) is 5.74. The molecule has 6 nitrogen and oxygen atoms in total. The SMILES string of the molecule is COc1ccc(/C(C)=N\NC(=O)CSc2nc3ccccc3n2Cc2ccc(Cl)cc2)cc1. The molecule has 0 aliphatic rings. The first-order valence-corrected chi connectivity index (χ1v) is 11.7. The van der Waals surface area contributed by atoms with Crippen LogP contribution in [0.1, 0.15) is 18.1 Å². The van der Waals surface area contributed by atoms with Gasteiger partial charge in [0.2, 0.25) is 0 Å². The smallest absolute Gasteiger partial charge is 0.250 e. The summed E-state index contributed by atoms with van der Waals surface area (Å²) in [6, 6.07) is 23.2. The summed E-state index contributed by atoms with van der Waals surface area (Å²) in [6.45, 7) is 2.48. The number of imidazole rings is 1. The van der Waals surface area contributed by atoms with Gasteiger partial charge in [-0.1, -0.05) is 47.6 Å². The number of carbonyl (C=O) groups excluding carboxylic acids is 1. The number of hydrogen-bond donors (Lipinski definition) is 1. The fourth-order valence-electron chi connectivity index (χ4n) is 3.29. The number of nitrogens with zero attached hydrogens (tertiary/aromatic N) is 3. The van der Waals surface area contributed by atoms with Crippen molar-refractivity contribution >= 4 is 46.0 Å². The van der Waals surface area contributed by atoms with E-state index in [-0.39, 0.29) is 11.7 Å². The predicted molar refractivity (Wildman–Crippen MR) is 134 cm³/mol. The Morgan fingerprint density at radius 3 is 2.55 bits per heavy atom. The highest BCUT2D eigenvalue weighted by molar-refractivity contribution is 7.99. The molecule has 1 N–H and O–H groups in total. The molecule has 0 unspecified atom stereocenters. The summed E-state index contributed by atoms with van der Waals surface area (Å²) in [6.07, 6.45) is 0. The normalized spacial score (nSPS) is 11.5. The zero-order valence-electron chi connectivity index (χ0n) is 18.3. The quantitative estimate of drug-likeness (QED) is 0.210. The summed E-state index contributed by atoms with van der Waals surface area (Å²) in [5.74, 6) is 0.773. The molecule has 1 heterocycles. The van der Waals surface area contributed by atoms with Crippen molar-refractivity contribution in [3.8, 4) is 5.75 Å². The molecular formula is C25H23ClN4O2S. The van der Waals surface area contributed by atoms with Gasteiger partial charge in [-0.25, -0.2) is 10.4 Å². The zero-order valence-corrected chi connectivity index (χ0v) is 19.9. The number of fused-ring (bicyclic) bond motifs is 1. The van der Waals surface area contributed by atoms with Gasteiger partial charge in [-0.2, -0.15) is 5.10 Å². The van der Waals surface area contributed by atoms with Crippen LogP contribution >= 0.6 is 23.4 Å². The maximum Gasteiger partial charge on any atom is 0.250 e. The number of carbonyl (C=O) groups is 1. The van der Waals surface area contributed by atoms with Crippen LogP contribution in [-0.2, 0) is 11.3 Å². The maximum atomic E-state index is 12.5. The van der Waals surface area contributed by atoms with Crippen molar-refractivity contribution in [1.82, 2.24) is 15.0 Å². The fourth-order valence-corrected chi connectivity index (χ4v) is 4.23. The van der Waals surface area contributed by atoms with E-state index in [1.807, 2.05) is 79.7 Å². The number of ether oxygens (including phenoxy) is 1. The van der Waals surface area contributed by atoms with E-state index in [1.165, 1.54) is 11.8 Å². The Morgan fingerprint density at radius 1 is 1.09 bits per heavy atom. The van der Waals surface area contributed by atoms with Crippen LogP contribution in [-0.4, -0.2) is 34.0 Å². The van der Waals surface area contributed by atoms with E-state index in [0.29, 0.717) is 17.3 Å². The largest absolute Gasteiger partial charge is 0.497 e. The molecule has 0 radical (unpaired) electrons. The maximum absolute atomic E-state index is 12.5. The monoisotopic (exact) mass is 478 g/mol. The topological polar surface area (TPSA) is 68.5 Å². The number of aromatic nitrogens is 2. The molecule has 0 bridgehead atoms. The number of amides is 1. The van der Waals surface area contributed by atoms with Crippen LogP contribution in [0, 0.1) is 0 Å². The molecule has 0 spiro atoms. The van der Waals surface area contributed by atoms with Crippen molar-refractivity contribution in [3.63, 3.8) is 0 Å². The number of halogens is 1. The highest BCUT2D eigenvalue weighted by Gasteiger charge is 2.13. The number of para-hydroxylation sites is 2. The van der Waals surface area contributed by atoms with E-state index >= 15 is 0 Å². The van der Waals surface area contributed by atoms with E-state index in [4.69, 9.17) is 21.3 Å². The molecule has 1 amide bonds. The van der Waals surface area contributed by atoms with E-state index in [1.54, 1.807) is 7.11 Å². The number of methoxy groups -OCH3 is 1. The average molecular weight is 479 g/mol. The van der Waals surface area contributed by atoms with Gasteiger partial charge in [0.15, 0.2) is 5.16 Å². The fraction of sp³-hybridized carbons (Fsp3) is 0.160. The van der Waals surface area contributed by atoms with Crippen LogP contribution in [0.15, 0.2) is 83.1 Å². The van der Waals surface area contributed by atoms with Crippen LogP contribution in [0.2, 0.25) is 5.02 Å². The summed E-state index contributed by atoms with van der Waals surface area (Å²) in [7, 11) is 1.62. The molecule has 168 valence electrons. The molecule has 1 aromatic heterocycles. The summed E-state index contributed by atoms with van der Waals surface area (Å²) in [5, 5.41) is 5.70. The van der Waals surface area contributed by atoms with E-state index in [2.05, 4.69) is 15.1 Å². The second-order valence-corrected chi connectivity index (χ2v) is 8.72. The lowest BCUT2D eigenvalue weighted by Gasteiger charge is -2.09. The third-order valence-corrected chi connectivity index (χ3v) is 6.29. The Balaban J connectivity index is 1.44. The molecular weight excluding hydrogens is 456 g/mol. The lowest BCUT2D eigenvalue weighted by molar-refractivity contribution is -0.118. The number of thioether (sulfide) groups is 1. The van der Waals surface area contributed by atoms with Gasteiger partial charge >= 0.3 is 0 Å². The Labute approximate surface area is 201 Å². The lowest BCUT2D eigenvalue weighted by atomic mass is 10.1. The minimum Gasteiger partial charge on any atom is -0.497 e. The van der Waals surface area contributed by atoms with Crippen LogP contribution in [0.3, 0.4) is 0 Å². The van der Waals surface area contributed by atoms with Crippen LogP contribution in [0.25, 0.3) is 11.0 Å². The highest BCUT2D eigenvalue weighted by Crippen LogP contribution is 2.25. The summed E-state index contributed by atoms with van der Waals surface area (Å²) in [4.78, 5) is 17.2. The first-order chi connectivity index (χ1) is 16.0. The number of benzene rings is 3. The molecule has 3 aromatic carbocycles.